The van der Waals surface area contributed by atoms with E-state index in [0.717, 1.165) is 18.7 Å². The average molecular weight is 211 g/mol. The molecule has 1 rings (SSSR count). The summed E-state index contributed by atoms with van der Waals surface area (Å²) < 4.78 is 1.84. The minimum atomic E-state index is -0.327. The fourth-order valence-electron chi connectivity index (χ4n) is 1.47. The van der Waals surface area contributed by atoms with Crippen LogP contribution >= 0.6 is 0 Å². The third kappa shape index (κ3) is 3.32. The second-order valence-electron chi connectivity index (χ2n) is 4.04. The molecule has 0 saturated heterocycles. The molecule has 0 radical (unpaired) electrons. The summed E-state index contributed by atoms with van der Waals surface area (Å²) in [6.45, 7) is 6.64. The highest BCUT2D eigenvalue weighted by Gasteiger charge is 2.10. The summed E-state index contributed by atoms with van der Waals surface area (Å²) in [7, 11) is 1.93. The summed E-state index contributed by atoms with van der Waals surface area (Å²) in [5.74, 6) is 0. The van der Waals surface area contributed by atoms with Gasteiger partial charge in [-0.05, 0) is 20.3 Å². The molecule has 4 nitrogen and oxygen atoms in total. The second kappa shape index (κ2) is 5.28. The second-order valence-corrected chi connectivity index (χ2v) is 4.04. The van der Waals surface area contributed by atoms with Crippen LogP contribution in [-0.2, 0) is 20.0 Å². The number of aromatic nitrogens is 2. The van der Waals surface area contributed by atoms with Crippen LogP contribution in [0, 0.1) is 0 Å². The van der Waals surface area contributed by atoms with E-state index in [2.05, 4.69) is 17.3 Å². The number of hydrogen-bond donors (Lipinski definition) is 2. The van der Waals surface area contributed by atoms with Crippen molar-refractivity contribution in [3.8, 4) is 0 Å². The van der Waals surface area contributed by atoms with E-state index in [9.17, 15) is 5.11 Å². The lowest BCUT2D eigenvalue weighted by Crippen LogP contribution is -2.35. The molecule has 0 aliphatic heterocycles. The SMILES string of the molecule is CCc1nn(C)cc1CNC(C)C(C)O. The Kier molecular flexibility index (Phi) is 4.29. The van der Waals surface area contributed by atoms with E-state index in [1.54, 1.807) is 6.92 Å². The monoisotopic (exact) mass is 211 g/mol. The number of nitrogens with zero attached hydrogens (tertiary/aromatic N) is 2. The maximum absolute atomic E-state index is 9.35. The van der Waals surface area contributed by atoms with Crippen molar-refractivity contribution >= 4 is 0 Å². The molecule has 0 fully saturated rings. The zero-order valence-electron chi connectivity index (χ0n) is 9.99. The number of aliphatic hydroxyl groups is 1. The van der Waals surface area contributed by atoms with Gasteiger partial charge in [0.25, 0.3) is 0 Å². The molecule has 0 aliphatic carbocycles. The van der Waals surface area contributed by atoms with Gasteiger partial charge in [-0.2, -0.15) is 5.10 Å². The minimum absolute atomic E-state index is 0.106. The van der Waals surface area contributed by atoms with Crippen LogP contribution in [0.3, 0.4) is 0 Å². The van der Waals surface area contributed by atoms with Crippen LogP contribution in [0.1, 0.15) is 32.0 Å². The van der Waals surface area contributed by atoms with Gasteiger partial charge in [0, 0.05) is 31.4 Å². The minimum Gasteiger partial charge on any atom is -0.392 e. The predicted octanol–water partition coefficient (Wildman–Crippen LogP) is 0.841. The molecule has 1 aromatic rings. The van der Waals surface area contributed by atoms with Gasteiger partial charge in [-0.25, -0.2) is 0 Å². The van der Waals surface area contributed by atoms with E-state index in [-0.39, 0.29) is 12.1 Å². The number of rotatable bonds is 5. The van der Waals surface area contributed by atoms with Crippen LogP contribution in [0.5, 0.6) is 0 Å². The molecule has 4 heteroatoms. The van der Waals surface area contributed by atoms with E-state index in [1.807, 2.05) is 24.9 Å². The summed E-state index contributed by atoms with van der Waals surface area (Å²) in [5.41, 5.74) is 2.34. The molecule has 2 atom stereocenters. The molecule has 15 heavy (non-hydrogen) atoms. The Hall–Kier alpha value is -0.870. The maximum Gasteiger partial charge on any atom is 0.0666 e. The van der Waals surface area contributed by atoms with Gasteiger partial charge in [-0.1, -0.05) is 6.92 Å². The molecule has 0 aliphatic rings. The fraction of sp³-hybridized carbons (Fsp3) is 0.727. The Labute approximate surface area is 91.3 Å². The van der Waals surface area contributed by atoms with Gasteiger partial charge in [-0.3, -0.25) is 4.68 Å². The Balaban J connectivity index is 2.56. The molecule has 1 heterocycles. The van der Waals surface area contributed by atoms with Crippen LogP contribution in [-0.4, -0.2) is 27.0 Å². The average Bonchev–Trinajstić information content (AvgIpc) is 2.55. The molecular formula is C11H21N3O. The van der Waals surface area contributed by atoms with Gasteiger partial charge < -0.3 is 10.4 Å². The molecule has 0 aromatic carbocycles. The van der Waals surface area contributed by atoms with Crippen molar-refractivity contribution in [1.82, 2.24) is 15.1 Å². The quantitative estimate of drug-likeness (QED) is 0.759. The summed E-state index contributed by atoms with van der Waals surface area (Å²) in [4.78, 5) is 0. The zero-order chi connectivity index (χ0) is 11.4. The topological polar surface area (TPSA) is 50.1 Å². The summed E-state index contributed by atoms with van der Waals surface area (Å²) in [6, 6.07) is 0.106. The largest absolute Gasteiger partial charge is 0.392 e. The van der Waals surface area contributed by atoms with Crippen LogP contribution < -0.4 is 5.32 Å². The molecular weight excluding hydrogens is 190 g/mol. The Morgan fingerprint density at radius 3 is 2.73 bits per heavy atom. The lowest BCUT2D eigenvalue weighted by molar-refractivity contribution is 0.152. The van der Waals surface area contributed by atoms with Crippen molar-refractivity contribution in [1.29, 1.82) is 0 Å². The molecule has 2 N–H and O–H groups in total. The van der Waals surface area contributed by atoms with Gasteiger partial charge in [0.15, 0.2) is 0 Å². The third-order valence-corrected chi connectivity index (χ3v) is 2.66. The summed E-state index contributed by atoms with van der Waals surface area (Å²) in [6.07, 6.45) is 2.65. The maximum atomic E-state index is 9.35. The molecule has 2 unspecified atom stereocenters. The van der Waals surface area contributed by atoms with Gasteiger partial charge in [-0.15, -0.1) is 0 Å². The molecule has 0 spiro atoms. The number of aliphatic hydroxyl groups excluding tert-OH is 1. The van der Waals surface area contributed by atoms with Crippen LogP contribution in [0.25, 0.3) is 0 Å². The molecule has 0 amide bonds. The lowest BCUT2D eigenvalue weighted by atomic mass is 10.1. The van der Waals surface area contributed by atoms with Crippen LogP contribution in [0.2, 0.25) is 0 Å². The number of aryl methyl sites for hydroxylation is 2. The highest BCUT2D eigenvalue weighted by Crippen LogP contribution is 2.07. The summed E-state index contributed by atoms with van der Waals surface area (Å²) >= 11 is 0. The normalized spacial score (nSPS) is 15.3. The zero-order valence-corrected chi connectivity index (χ0v) is 9.99. The van der Waals surface area contributed by atoms with E-state index in [1.165, 1.54) is 5.56 Å². The Morgan fingerprint density at radius 1 is 1.53 bits per heavy atom. The first-order valence-electron chi connectivity index (χ1n) is 5.47. The lowest BCUT2D eigenvalue weighted by Gasteiger charge is -2.16. The molecule has 1 aromatic heterocycles. The molecule has 0 bridgehead atoms. The van der Waals surface area contributed by atoms with Crippen molar-refractivity contribution < 1.29 is 5.11 Å². The number of nitrogens with one attached hydrogen (secondary N) is 1. The first kappa shape index (κ1) is 12.2. The first-order chi connectivity index (χ1) is 7.04. The third-order valence-electron chi connectivity index (χ3n) is 2.66. The van der Waals surface area contributed by atoms with Crippen molar-refractivity contribution in [3.63, 3.8) is 0 Å². The van der Waals surface area contributed by atoms with Crippen LogP contribution in [0.15, 0.2) is 6.20 Å². The van der Waals surface area contributed by atoms with Crippen molar-refractivity contribution in [2.45, 2.75) is 45.9 Å². The van der Waals surface area contributed by atoms with Crippen molar-refractivity contribution in [3.05, 3.63) is 17.5 Å². The molecule has 86 valence electrons. The first-order valence-corrected chi connectivity index (χ1v) is 5.47. The highest BCUT2D eigenvalue weighted by atomic mass is 16.3. The summed E-state index contributed by atoms with van der Waals surface area (Å²) in [5, 5.41) is 17.0. The van der Waals surface area contributed by atoms with Gasteiger partial charge >= 0.3 is 0 Å². The highest BCUT2D eigenvalue weighted by molar-refractivity contribution is 5.16. The van der Waals surface area contributed by atoms with Gasteiger partial charge in [0.1, 0.15) is 0 Å². The van der Waals surface area contributed by atoms with Crippen molar-refractivity contribution in [2.75, 3.05) is 0 Å². The van der Waals surface area contributed by atoms with Gasteiger partial charge in [0.05, 0.1) is 11.8 Å². The smallest absolute Gasteiger partial charge is 0.0666 e. The Bertz CT molecular complexity index is 307. The van der Waals surface area contributed by atoms with Gasteiger partial charge in [0.2, 0.25) is 0 Å². The van der Waals surface area contributed by atoms with Crippen LogP contribution in [0.4, 0.5) is 0 Å². The van der Waals surface area contributed by atoms with E-state index < -0.39 is 0 Å². The molecule has 0 saturated carbocycles. The van der Waals surface area contributed by atoms with E-state index >= 15 is 0 Å². The fourth-order valence-corrected chi connectivity index (χ4v) is 1.47. The van der Waals surface area contributed by atoms with E-state index in [4.69, 9.17) is 0 Å². The van der Waals surface area contributed by atoms with E-state index in [0.29, 0.717) is 0 Å². The standard InChI is InChI=1S/C11H21N3O/c1-5-11-10(7-14(4)13-11)6-12-8(2)9(3)15/h7-9,12,15H,5-6H2,1-4H3. The Morgan fingerprint density at radius 2 is 2.20 bits per heavy atom. The predicted molar refractivity (Wildman–Crippen MR) is 60.6 cm³/mol. The number of hydrogen-bond acceptors (Lipinski definition) is 3. The van der Waals surface area contributed by atoms with Crippen molar-refractivity contribution in [2.24, 2.45) is 7.05 Å².